The third-order valence-electron chi connectivity index (χ3n) is 4.94. The highest BCUT2D eigenvalue weighted by Crippen LogP contribution is 2.21. The Hall–Kier alpha value is -0.160. The van der Waals surface area contributed by atoms with Gasteiger partial charge in [0.1, 0.15) is 0 Å². The van der Waals surface area contributed by atoms with Gasteiger partial charge in [-0.2, -0.15) is 0 Å². The van der Waals surface area contributed by atoms with Crippen LogP contribution in [0, 0.1) is 0 Å². The number of hydrogen-bond acceptors (Lipinski definition) is 4. The van der Waals surface area contributed by atoms with Crippen LogP contribution in [0.5, 0.6) is 0 Å². The molecule has 0 aliphatic carbocycles. The van der Waals surface area contributed by atoms with Crippen molar-refractivity contribution < 1.29 is 4.74 Å². The predicted octanol–water partition coefficient (Wildman–Crippen LogP) is 1.95. The summed E-state index contributed by atoms with van der Waals surface area (Å²) in [5.74, 6) is 0. The van der Waals surface area contributed by atoms with Gasteiger partial charge >= 0.3 is 0 Å². The molecular weight excluding hydrogens is 262 g/mol. The van der Waals surface area contributed by atoms with E-state index in [2.05, 4.69) is 36.0 Å². The van der Waals surface area contributed by atoms with E-state index in [0.717, 1.165) is 25.7 Å². The average Bonchev–Trinajstić information content (AvgIpc) is 3.08. The monoisotopic (exact) mass is 297 g/mol. The van der Waals surface area contributed by atoms with Crippen LogP contribution in [0.4, 0.5) is 0 Å². The number of likely N-dealkylation sites (N-methyl/N-ethyl adjacent to an activating group) is 2. The third kappa shape index (κ3) is 5.51. The van der Waals surface area contributed by atoms with Crippen LogP contribution in [-0.4, -0.2) is 74.4 Å². The standard InChI is InChI=1S/C17H35N3O/c1-4-10-18-12-16-8-9-17(21-16)14-19(3)13-15-7-6-11-20(15)5-2/h15-18H,4-14H2,1-3H3. The topological polar surface area (TPSA) is 27.7 Å². The predicted molar refractivity (Wildman–Crippen MR) is 88.8 cm³/mol. The van der Waals surface area contributed by atoms with E-state index in [1.807, 2.05) is 0 Å². The summed E-state index contributed by atoms with van der Waals surface area (Å²) in [7, 11) is 2.26. The molecule has 0 bridgehead atoms. The second-order valence-corrected chi connectivity index (χ2v) is 6.81. The first-order valence-electron chi connectivity index (χ1n) is 9.01. The molecule has 2 heterocycles. The lowest BCUT2D eigenvalue weighted by Gasteiger charge is -2.29. The second kappa shape index (κ2) is 9.09. The zero-order valence-electron chi connectivity index (χ0n) is 14.3. The molecule has 0 spiro atoms. The normalized spacial score (nSPS) is 30.6. The van der Waals surface area contributed by atoms with E-state index in [4.69, 9.17) is 4.74 Å². The van der Waals surface area contributed by atoms with Crippen LogP contribution in [0.25, 0.3) is 0 Å². The summed E-state index contributed by atoms with van der Waals surface area (Å²) in [4.78, 5) is 5.12. The molecule has 1 N–H and O–H groups in total. The van der Waals surface area contributed by atoms with Gasteiger partial charge in [0.15, 0.2) is 0 Å². The molecule has 124 valence electrons. The fourth-order valence-corrected chi connectivity index (χ4v) is 3.80. The molecule has 3 unspecified atom stereocenters. The van der Waals surface area contributed by atoms with Crippen molar-refractivity contribution in [2.45, 2.75) is 64.2 Å². The van der Waals surface area contributed by atoms with E-state index >= 15 is 0 Å². The van der Waals surface area contributed by atoms with Crippen LogP contribution in [0.15, 0.2) is 0 Å². The molecule has 0 aromatic rings. The fraction of sp³-hybridized carbons (Fsp3) is 1.00. The lowest BCUT2D eigenvalue weighted by molar-refractivity contribution is 0.0245. The highest BCUT2D eigenvalue weighted by molar-refractivity contribution is 4.83. The molecular formula is C17H35N3O. The van der Waals surface area contributed by atoms with Crippen molar-refractivity contribution in [2.24, 2.45) is 0 Å². The first-order valence-corrected chi connectivity index (χ1v) is 9.01. The Labute approximate surface area is 131 Å². The maximum absolute atomic E-state index is 6.18. The Morgan fingerprint density at radius 2 is 1.95 bits per heavy atom. The molecule has 3 atom stereocenters. The molecule has 2 fully saturated rings. The average molecular weight is 297 g/mol. The van der Waals surface area contributed by atoms with Gasteiger partial charge < -0.3 is 15.0 Å². The summed E-state index contributed by atoms with van der Waals surface area (Å²) in [6, 6.07) is 0.767. The van der Waals surface area contributed by atoms with Gasteiger partial charge in [-0.25, -0.2) is 0 Å². The summed E-state index contributed by atoms with van der Waals surface area (Å²) < 4.78 is 6.18. The van der Waals surface area contributed by atoms with Gasteiger partial charge in [-0.05, 0) is 58.8 Å². The minimum Gasteiger partial charge on any atom is -0.372 e. The summed E-state index contributed by atoms with van der Waals surface area (Å²) in [5.41, 5.74) is 0. The third-order valence-corrected chi connectivity index (χ3v) is 4.94. The molecule has 0 amide bonds. The number of hydrogen-bond donors (Lipinski definition) is 1. The van der Waals surface area contributed by atoms with Crippen molar-refractivity contribution in [3.63, 3.8) is 0 Å². The van der Waals surface area contributed by atoms with E-state index < -0.39 is 0 Å². The van der Waals surface area contributed by atoms with Crippen LogP contribution in [-0.2, 0) is 4.74 Å². The molecule has 0 saturated carbocycles. The number of likely N-dealkylation sites (tertiary alicyclic amines) is 1. The number of nitrogens with one attached hydrogen (secondary N) is 1. The van der Waals surface area contributed by atoms with Crippen molar-refractivity contribution >= 4 is 0 Å². The highest BCUT2D eigenvalue weighted by Gasteiger charge is 2.28. The molecule has 4 heteroatoms. The van der Waals surface area contributed by atoms with Crippen LogP contribution in [0.2, 0.25) is 0 Å². The molecule has 2 saturated heterocycles. The number of rotatable bonds is 9. The van der Waals surface area contributed by atoms with Crippen molar-refractivity contribution in [1.29, 1.82) is 0 Å². The van der Waals surface area contributed by atoms with Crippen LogP contribution >= 0.6 is 0 Å². The number of nitrogens with zero attached hydrogens (tertiary/aromatic N) is 2. The van der Waals surface area contributed by atoms with Gasteiger partial charge in [0.2, 0.25) is 0 Å². The van der Waals surface area contributed by atoms with Gasteiger partial charge in [0.05, 0.1) is 12.2 Å². The van der Waals surface area contributed by atoms with E-state index in [0.29, 0.717) is 12.2 Å². The second-order valence-electron chi connectivity index (χ2n) is 6.81. The Bertz CT molecular complexity index is 287. The molecule has 2 rings (SSSR count). The van der Waals surface area contributed by atoms with Gasteiger partial charge in [-0.3, -0.25) is 4.90 Å². The molecule has 0 radical (unpaired) electrons. The lowest BCUT2D eigenvalue weighted by atomic mass is 10.1. The van der Waals surface area contributed by atoms with Crippen LogP contribution in [0.3, 0.4) is 0 Å². The van der Waals surface area contributed by atoms with Gasteiger partial charge in [0.25, 0.3) is 0 Å². The smallest absolute Gasteiger partial charge is 0.0707 e. The summed E-state index contributed by atoms with van der Waals surface area (Å²) >= 11 is 0. The first kappa shape index (κ1) is 17.2. The maximum atomic E-state index is 6.18. The van der Waals surface area contributed by atoms with E-state index in [9.17, 15) is 0 Å². The SMILES string of the molecule is CCCNCC1CCC(CN(C)CC2CCCN2CC)O1. The van der Waals surface area contributed by atoms with E-state index in [1.165, 1.54) is 51.7 Å². The lowest BCUT2D eigenvalue weighted by Crippen LogP contribution is -2.41. The Morgan fingerprint density at radius 3 is 2.71 bits per heavy atom. The van der Waals surface area contributed by atoms with E-state index in [1.54, 1.807) is 0 Å². The van der Waals surface area contributed by atoms with Gasteiger partial charge in [-0.1, -0.05) is 13.8 Å². The molecule has 0 aromatic carbocycles. The molecule has 2 aliphatic heterocycles. The van der Waals surface area contributed by atoms with Crippen LogP contribution < -0.4 is 5.32 Å². The molecule has 21 heavy (non-hydrogen) atoms. The van der Waals surface area contributed by atoms with Crippen molar-refractivity contribution in [2.75, 3.05) is 46.3 Å². The summed E-state index contributed by atoms with van der Waals surface area (Å²) in [5, 5.41) is 3.48. The highest BCUT2D eigenvalue weighted by atomic mass is 16.5. The molecule has 0 aromatic heterocycles. The molecule has 4 nitrogen and oxygen atoms in total. The first-order chi connectivity index (χ1) is 10.2. The van der Waals surface area contributed by atoms with Crippen molar-refractivity contribution in [1.82, 2.24) is 15.1 Å². The number of ether oxygens (including phenoxy) is 1. The minimum absolute atomic E-state index is 0.438. The summed E-state index contributed by atoms with van der Waals surface area (Å²) in [6.07, 6.45) is 7.28. The zero-order valence-corrected chi connectivity index (χ0v) is 14.3. The molecule has 2 aliphatic rings. The van der Waals surface area contributed by atoms with Crippen molar-refractivity contribution in [3.05, 3.63) is 0 Å². The Morgan fingerprint density at radius 1 is 1.14 bits per heavy atom. The minimum atomic E-state index is 0.438. The Balaban J connectivity index is 1.63. The zero-order chi connectivity index (χ0) is 15.1. The summed E-state index contributed by atoms with van der Waals surface area (Å²) in [6.45, 7) is 11.4. The van der Waals surface area contributed by atoms with Crippen molar-refractivity contribution in [3.8, 4) is 0 Å². The van der Waals surface area contributed by atoms with Crippen LogP contribution in [0.1, 0.15) is 46.0 Å². The van der Waals surface area contributed by atoms with E-state index in [-0.39, 0.29) is 0 Å². The maximum Gasteiger partial charge on any atom is 0.0707 e. The Kier molecular flexibility index (Phi) is 7.44. The quantitative estimate of drug-likeness (QED) is 0.658. The fourth-order valence-electron chi connectivity index (χ4n) is 3.80. The van der Waals surface area contributed by atoms with Gasteiger partial charge in [0, 0.05) is 25.7 Å². The van der Waals surface area contributed by atoms with Gasteiger partial charge in [-0.15, -0.1) is 0 Å². The largest absolute Gasteiger partial charge is 0.372 e.